The SMILES string of the molecule is SN1CCC(Br)C1. The number of halogens is 1. The summed E-state index contributed by atoms with van der Waals surface area (Å²) in [5, 5.41) is 0. The van der Waals surface area contributed by atoms with Crippen molar-refractivity contribution < 1.29 is 0 Å². The second kappa shape index (κ2) is 2.37. The Morgan fingerprint density at radius 3 is 2.57 bits per heavy atom. The highest BCUT2D eigenvalue weighted by Gasteiger charge is 2.15. The summed E-state index contributed by atoms with van der Waals surface area (Å²) in [6.45, 7) is 2.21. The van der Waals surface area contributed by atoms with Crippen molar-refractivity contribution in [3.05, 3.63) is 0 Å². The van der Waals surface area contributed by atoms with Crippen molar-refractivity contribution in [2.45, 2.75) is 11.2 Å². The first-order valence-corrected chi connectivity index (χ1v) is 3.68. The molecule has 0 spiro atoms. The Morgan fingerprint density at radius 2 is 2.43 bits per heavy atom. The van der Waals surface area contributed by atoms with Crippen molar-refractivity contribution in [3.8, 4) is 0 Å². The molecule has 1 atom stereocenters. The lowest BCUT2D eigenvalue weighted by atomic mass is 10.4. The van der Waals surface area contributed by atoms with Gasteiger partial charge >= 0.3 is 0 Å². The Labute approximate surface area is 57.7 Å². The minimum atomic E-state index is 0.685. The maximum absolute atomic E-state index is 4.16. The summed E-state index contributed by atoms with van der Waals surface area (Å²) in [6.07, 6.45) is 1.24. The third-order valence-electron chi connectivity index (χ3n) is 1.11. The molecule has 0 aromatic carbocycles. The molecule has 1 heterocycles. The molecule has 1 aliphatic rings. The van der Waals surface area contributed by atoms with Crippen LogP contribution < -0.4 is 0 Å². The molecule has 3 heteroatoms. The van der Waals surface area contributed by atoms with E-state index in [0.29, 0.717) is 4.83 Å². The first kappa shape index (κ1) is 5.92. The molecule has 1 fully saturated rings. The van der Waals surface area contributed by atoms with Crippen LogP contribution in [0.5, 0.6) is 0 Å². The largest absolute Gasteiger partial charge is 0.252 e. The van der Waals surface area contributed by atoms with Crippen LogP contribution in [0, 0.1) is 0 Å². The topological polar surface area (TPSA) is 3.24 Å². The predicted octanol–water partition coefficient (Wildman–Crippen LogP) is 1.30. The average Bonchev–Trinajstić information content (AvgIpc) is 1.87. The fraction of sp³-hybridized carbons (Fsp3) is 1.00. The van der Waals surface area contributed by atoms with Gasteiger partial charge in [0.15, 0.2) is 0 Å². The quantitative estimate of drug-likeness (QED) is 0.436. The molecule has 0 N–H and O–H groups in total. The van der Waals surface area contributed by atoms with Crippen LogP contribution in [-0.2, 0) is 0 Å². The van der Waals surface area contributed by atoms with E-state index in [1.165, 1.54) is 6.42 Å². The Kier molecular flexibility index (Phi) is 2.01. The molecule has 0 bridgehead atoms. The number of nitrogens with zero attached hydrogens (tertiary/aromatic N) is 1. The maximum Gasteiger partial charge on any atom is 0.0295 e. The zero-order chi connectivity index (χ0) is 5.28. The van der Waals surface area contributed by atoms with E-state index >= 15 is 0 Å². The van der Waals surface area contributed by atoms with Gasteiger partial charge in [0.2, 0.25) is 0 Å². The highest BCUT2D eigenvalue weighted by atomic mass is 79.9. The molecule has 0 aromatic heterocycles. The average molecular weight is 182 g/mol. The van der Waals surface area contributed by atoms with E-state index in [1.54, 1.807) is 0 Å². The van der Waals surface area contributed by atoms with Gasteiger partial charge in [-0.15, -0.1) is 0 Å². The van der Waals surface area contributed by atoms with Crippen molar-refractivity contribution in [1.29, 1.82) is 0 Å². The fourth-order valence-electron chi connectivity index (χ4n) is 0.700. The Morgan fingerprint density at radius 1 is 1.71 bits per heavy atom. The van der Waals surface area contributed by atoms with E-state index in [-0.39, 0.29) is 0 Å². The van der Waals surface area contributed by atoms with Gasteiger partial charge in [-0.05, 0) is 6.42 Å². The van der Waals surface area contributed by atoms with Crippen molar-refractivity contribution in [2.75, 3.05) is 13.1 Å². The van der Waals surface area contributed by atoms with Crippen molar-refractivity contribution in [1.82, 2.24) is 4.31 Å². The summed E-state index contributed by atoms with van der Waals surface area (Å²) in [5.74, 6) is 0. The van der Waals surface area contributed by atoms with Crippen molar-refractivity contribution >= 4 is 28.7 Å². The number of hydrogen-bond donors (Lipinski definition) is 1. The van der Waals surface area contributed by atoms with Crippen LogP contribution in [0.15, 0.2) is 0 Å². The summed E-state index contributed by atoms with van der Waals surface area (Å²) >= 11 is 7.64. The molecule has 1 rings (SSSR count). The van der Waals surface area contributed by atoms with E-state index < -0.39 is 0 Å². The molecule has 1 aliphatic heterocycles. The van der Waals surface area contributed by atoms with E-state index in [2.05, 4.69) is 28.7 Å². The van der Waals surface area contributed by atoms with Gasteiger partial charge in [-0.25, -0.2) is 0 Å². The number of hydrogen-bond acceptors (Lipinski definition) is 2. The minimum Gasteiger partial charge on any atom is -0.252 e. The van der Waals surface area contributed by atoms with Gasteiger partial charge in [0.25, 0.3) is 0 Å². The smallest absolute Gasteiger partial charge is 0.0295 e. The summed E-state index contributed by atoms with van der Waals surface area (Å²) in [5.41, 5.74) is 0. The van der Waals surface area contributed by atoms with Gasteiger partial charge < -0.3 is 0 Å². The molecular weight excluding hydrogens is 174 g/mol. The second-order valence-corrected chi connectivity index (χ2v) is 3.66. The predicted molar refractivity (Wildman–Crippen MR) is 37.9 cm³/mol. The highest BCUT2D eigenvalue weighted by Crippen LogP contribution is 2.16. The molecule has 1 nitrogen and oxygen atoms in total. The number of alkyl halides is 1. The Hall–Kier alpha value is 0.790. The van der Waals surface area contributed by atoms with E-state index in [9.17, 15) is 0 Å². The van der Waals surface area contributed by atoms with Gasteiger partial charge in [0, 0.05) is 17.9 Å². The third-order valence-corrected chi connectivity index (χ3v) is 2.22. The molecule has 1 unspecified atom stereocenters. The number of rotatable bonds is 0. The maximum atomic E-state index is 4.16. The highest BCUT2D eigenvalue weighted by molar-refractivity contribution is 9.09. The van der Waals surface area contributed by atoms with Crippen LogP contribution in [-0.4, -0.2) is 22.2 Å². The van der Waals surface area contributed by atoms with Crippen LogP contribution in [0.2, 0.25) is 0 Å². The lowest BCUT2D eigenvalue weighted by Gasteiger charge is -2.00. The molecule has 42 valence electrons. The summed E-state index contributed by atoms with van der Waals surface area (Å²) in [6, 6.07) is 0. The van der Waals surface area contributed by atoms with E-state index in [0.717, 1.165) is 13.1 Å². The van der Waals surface area contributed by atoms with Gasteiger partial charge in [0.1, 0.15) is 0 Å². The third kappa shape index (κ3) is 1.63. The van der Waals surface area contributed by atoms with E-state index in [4.69, 9.17) is 0 Å². The Balaban J connectivity index is 2.26. The van der Waals surface area contributed by atoms with Gasteiger partial charge in [-0.2, -0.15) is 0 Å². The monoisotopic (exact) mass is 181 g/mol. The van der Waals surface area contributed by atoms with Crippen LogP contribution >= 0.6 is 28.7 Å². The lowest BCUT2D eigenvalue weighted by Crippen LogP contribution is -2.06. The van der Waals surface area contributed by atoms with Crippen molar-refractivity contribution in [3.63, 3.8) is 0 Å². The minimum absolute atomic E-state index is 0.685. The molecule has 0 radical (unpaired) electrons. The van der Waals surface area contributed by atoms with Gasteiger partial charge in [0.05, 0.1) is 0 Å². The van der Waals surface area contributed by atoms with E-state index in [1.807, 2.05) is 4.31 Å². The summed E-state index contributed by atoms with van der Waals surface area (Å²) < 4.78 is 2.03. The standard InChI is InChI=1S/C4H8BrNS/c5-4-1-2-6(7)3-4/h4,7H,1-3H2. The number of thiol groups is 1. The van der Waals surface area contributed by atoms with Gasteiger partial charge in [-0.1, -0.05) is 28.7 Å². The molecule has 0 amide bonds. The summed E-state index contributed by atoms with van der Waals surface area (Å²) in [4.78, 5) is 0.685. The fourth-order valence-corrected chi connectivity index (χ4v) is 1.79. The molecular formula is C4H8BrNS. The lowest BCUT2D eigenvalue weighted by molar-refractivity contribution is 0.597. The van der Waals surface area contributed by atoms with Gasteiger partial charge in [-0.3, -0.25) is 4.31 Å². The van der Waals surface area contributed by atoms with Crippen molar-refractivity contribution in [2.24, 2.45) is 0 Å². The molecule has 7 heavy (non-hydrogen) atoms. The Bertz CT molecular complexity index is 60.7. The zero-order valence-electron chi connectivity index (χ0n) is 3.97. The molecule has 0 aliphatic carbocycles. The normalized spacial score (nSPS) is 34.3. The van der Waals surface area contributed by atoms with Crippen LogP contribution in [0.25, 0.3) is 0 Å². The zero-order valence-corrected chi connectivity index (χ0v) is 6.45. The van der Waals surface area contributed by atoms with Crippen LogP contribution in [0.3, 0.4) is 0 Å². The van der Waals surface area contributed by atoms with Crippen LogP contribution in [0.1, 0.15) is 6.42 Å². The first-order valence-electron chi connectivity index (χ1n) is 2.37. The first-order chi connectivity index (χ1) is 3.29. The molecule has 0 aromatic rings. The molecule has 0 saturated carbocycles. The molecule has 1 saturated heterocycles. The van der Waals surface area contributed by atoms with Crippen LogP contribution in [0.4, 0.5) is 0 Å². The summed E-state index contributed by atoms with van der Waals surface area (Å²) in [7, 11) is 0. The second-order valence-electron chi connectivity index (χ2n) is 1.80.